The SMILES string of the molecule is CCNc1nc(C)c([N+](=O)[O-])c(SCCS(C)(=O)=O)n1. The number of hydrogen-bond donors (Lipinski definition) is 1. The van der Waals surface area contributed by atoms with E-state index in [0.29, 0.717) is 12.5 Å². The molecule has 1 aromatic heterocycles. The van der Waals surface area contributed by atoms with Gasteiger partial charge < -0.3 is 5.32 Å². The van der Waals surface area contributed by atoms with Crippen LogP contribution in [0.15, 0.2) is 5.03 Å². The lowest BCUT2D eigenvalue weighted by molar-refractivity contribution is -0.389. The zero-order valence-electron chi connectivity index (χ0n) is 11.4. The fourth-order valence-electron chi connectivity index (χ4n) is 1.38. The molecule has 0 radical (unpaired) electrons. The summed E-state index contributed by atoms with van der Waals surface area (Å²) in [5.41, 5.74) is 0.0768. The van der Waals surface area contributed by atoms with Crippen molar-refractivity contribution in [3.8, 4) is 0 Å². The highest BCUT2D eigenvalue weighted by Crippen LogP contribution is 2.30. The first-order valence-electron chi connectivity index (χ1n) is 5.82. The van der Waals surface area contributed by atoms with Gasteiger partial charge in [-0.1, -0.05) is 11.8 Å². The van der Waals surface area contributed by atoms with Gasteiger partial charge in [0.15, 0.2) is 5.03 Å². The lowest BCUT2D eigenvalue weighted by Crippen LogP contribution is -2.09. The van der Waals surface area contributed by atoms with Crippen LogP contribution in [0.4, 0.5) is 11.6 Å². The van der Waals surface area contributed by atoms with Crippen LogP contribution in [0, 0.1) is 17.0 Å². The molecule has 1 N–H and O–H groups in total. The van der Waals surface area contributed by atoms with Gasteiger partial charge in [0.05, 0.1) is 10.7 Å². The lowest BCUT2D eigenvalue weighted by atomic mass is 10.4. The number of rotatable bonds is 7. The monoisotopic (exact) mass is 320 g/mol. The van der Waals surface area contributed by atoms with Gasteiger partial charge in [-0.05, 0) is 13.8 Å². The Morgan fingerprint density at radius 3 is 2.55 bits per heavy atom. The van der Waals surface area contributed by atoms with Crippen LogP contribution in [0.5, 0.6) is 0 Å². The van der Waals surface area contributed by atoms with Gasteiger partial charge in [-0.15, -0.1) is 0 Å². The number of nitrogens with one attached hydrogen (secondary N) is 1. The summed E-state index contributed by atoms with van der Waals surface area (Å²) in [6.45, 7) is 3.97. The zero-order valence-corrected chi connectivity index (χ0v) is 13.0. The Hall–Kier alpha value is -1.42. The normalized spacial score (nSPS) is 11.3. The third kappa shape index (κ3) is 4.93. The standard InChI is InChI=1S/C10H16N4O4S2/c1-4-11-10-12-7(2)8(14(15)16)9(13-10)19-5-6-20(3,17)18/h4-6H2,1-3H3,(H,11,12,13). The van der Waals surface area contributed by atoms with Crippen LogP contribution < -0.4 is 5.32 Å². The second kappa shape index (κ2) is 6.84. The first-order chi connectivity index (χ1) is 9.24. The lowest BCUT2D eigenvalue weighted by Gasteiger charge is -2.07. The van der Waals surface area contributed by atoms with Gasteiger partial charge in [0.25, 0.3) is 0 Å². The predicted molar refractivity (Wildman–Crippen MR) is 78.0 cm³/mol. The van der Waals surface area contributed by atoms with Crippen LogP contribution in [0.25, 0.3) is 0 Å². The molecule has 0 fully saturated rings. The molecule has 0 saturated carbocycles. The van der Waals surface area contributed by atoms with Gasteiger partial charge in [-0.3, -0.25) is 10.1 Å². The molecular formula is C10H16N4O4S2. The fraction of sp³-hybridized carbons (Fsp3) is 0.600. The summed E-state index contributed by atoms with van der Waals surface area (Å²) < 4.78 is 22.2. The number of aryl methyl sites for hydroxylation is 1. The Bertz CT molecular complexity index is 604. The summed E-state index contributed by atoms with van der Waals surface area (Å²) in [6, 6.07) is 0. The molecule has 0 spiro atoms. The number of nitrogens with zero attached hydrogens (tertiary/aromatic N) is 3. The molecule has 1 rings (SSSR count). The van der Waals surface area contributed by atoms with Crippen molar-refractivity contribution >= 4 is 33.2 Å². The van der Waals surface area contributed by atoms with Gasteiger partial charge in [0.1, 0.15) is 15.5 Å². The van der Waals surface area contributed by atoms with Crippen LogP contribution in [0.3, 0.4) is 0 Å². The number of sulfone groups is 1. The Morgan fingerprint density at radius 1 is 1.40 bits per heavy atom. The Morgan fingerprint density at radius 2 is 2.05 bits per heavy atom. The Labute approximate surface area is 121 Å². The molecule has 0 aromatic carbocycles. The molecular weight excluding hydrogens is 304 g/mol. The maximum Gasteiger partial charge on any atom is 0.322 e. The molecule has 112 valence electrons. The zero-order chi connectivity index (χ0) is 15.3. The van der Waals surface area contributed by atoms with Crippen molar-refractivity contribution in [1.29, 1.82) is 0 Å². The smallest absolute Gasteiger partial charge is 0.322 e. The number of thioether (sulfide) groups is 1. The van der Waals surface area contributed by atoms with Gasteiger partial charge in [-0.25, -0.2) is 13.4 Å². The molecule has 0 amide bonds. The molecule has 0 aliphatic carbocycles. The summed E-state index contributed by atoms with van der Waals surface area (Å²) in [5, 5.41) is 14.1. The van der Waals surface area contributed by atoms with Crippen molar-refractivity contribution in [2.24, 2.45) is 0 Å². The molecule has 0 saturated heterocycles. The van der Waals surface area contributed by atoms with E-state index >= 15 is 0 Å². The largest absolute Gasteiger partial charge is 0.354 e. The minimum Gasteiger partial charge on any atom is -0.354 e. The topological polar surface area (TPSA) is 115 Å². The van der Waals surface area contributed by atoms with Gasteiger partial charge >= 0.3 is 5.69 Å². The molecule has 0 bridgehead atoms. The van der Waals surface area contributed by atoms with E-state index in [2.05, 4.69) is 15.3 Å². The van der Waals surface area contributed by atoms with Crippen molar-refractivity contribution < 1.29 is 13.3 Å². The van der Waals surface area contributed by atoms with E-state index < -0.39 is 14.8 Å². The van der Waals surface area contributed by atoms with Gasteiger partial charge in [0, 0.05) is 18.6 Å². The van der Waals surface area contributed by atoms with Crippen molar-refractivity contribution in [2.75, 3.05) is 29.6 Å². The number of anilines is 1. The van der Waals surface area contributed by atoms with Crippen LogP contribution in [0.2, 0.25) is 0 Å². The van der Waals surface area contributed by atoms with Crippen LogP contribution in [-0.2, 0) is 9.84 Å². The summed E-state index contributed by atoms with van der Waals surface area (Å²) in [6.07, 6.45) is 1.12. The second-order valence-corrected chi connectivity index (χ2v) is 7.40. The maximum atomic E-state index is 11.1. The molecule has 0 aliphatic rings. The van der Waals surface area contributed by atoms with Crippen molar-refractivity contribution in [2.45, 2.75) is 18.9 Å². The summed E-state index contributed by atoms with van der Waals surface area (Å²) in [4.78, 5) is 18.6. The van der Waals surface area contributed by atoms with Crippen LogP contribution >= 0.6 is 11.8 Å². The Balaban J connectivity index is 3.03. The number of hydrogen-bond acceptors (Lipinski definition) is 8. The highest BCUT2D eigenvalue weighted by atomic mass is 32.2. The van der Waals surface area contributed by atoms with E-state index in [-0.39, 0.29) is 27.9 Å². The average Bonchev–Trinajstić information content (AvgIpc) is 2.26. The van der Waals surface area contributed by atoms with E-state index in [4.69, 9.17) is 0 Å². The van der Waals surface area contributed by atoms with Crippen LogP contribution in [-0.4, -0.2) is 47.6 Å². The Kier molecular flexibility index (Phi) is 5.69. The van der Waals surface area contributed by atoms with Gasteiger partial charge in [0.2, 0.25) is 5.95 Å². The average molecular weight is 320 g/mol. The third-order valence-electron chi connectivity index (χ3n) is 2.24. The first-order valence-corrected chi connectivity index (χ1v) is 8.86. The van der Waals surface area contributed by atoms with Crippen LogP contribution in [0.1, 0.15) is 12.6 Å². The second-order valence-electron chi connectivity index (χ2n) is 4.05. The molecule has 0 aliphatic heterocycles. The quantitative estimate of drug-likeness (QED) is 0.345. The fourth-order valence-corrected chi connectivity index (χ4v) is 3.63. The summed E-state index contributed by atoms with van der Waals surface area (Å²) in [5.74, 6) is 0.452. The molecule has 10 heteroatoms. The van der Waals surface area contributed by atoms with Crippen molar-refractivity contribution in [3.05, 3.63) is 15.8 Å². The minimum atomic E-state index is -3.11. The predicted octanol–water partition coefficient (Wildman–Crippen LogP) is 1.26. The molecule has 8 nitrogen and oxygen atoms in total. The highest BCUT2D eigenvalue weighted by Gasteiger charge is 2.22. The van der Waals surface area contributed by atoms with E-state index in [1.54, 1.807) is 0 Å². The summed E-state index contributed by atoms with van der Waals surface area (Å²) >= 11 is 1.04. The molecule has 0 unspecified atom stereocenters. The van der Waals surface area contributed by atoms with E-state index in [9.17, 15) is 18.5 Å². The van der Waals surface area contributed by atoms with E-state index in [1.807, 2.05) is 6.92 Å². The molecule has 0 atom stereocenters. The molecule has 1 aromatic rings. The third-order valence-corrected chi connectivity index (χ3v) is 4.41. The highest BCUT2D eigenvalue weighted by molar-refractivity contribution is 8.00. The van der Waals surface area contributed by atoms with E-state index in [0.717, 1.165) is 18.0 Å². The minimum absolute atomic E-state index is 0.0611. The van der Waals surface area contributed by atoms with Crippen molar-refractivity contribution in [1.82, 2.24) is 9.97 Å². The molecule has 1 heterocycles. The maximum absolute atomic E-state index is 11.1. The molecule has 20 heavy (non-hydrogen) atoms. The summed E-state index contributed by atoms with van der Waals surface area (Å²) in [7, 11) is -3.11. The number of nitro groups is 1. The first kappa shape index (κ1) is 16.6. The number of aromatic nitrogens is 2. The van der Waals surface area contributed by atoms with E-state index in [1.165, 1.54) is 6.92 Å². The van der Waals surface area contributed by atoms with Crippen molar-refractivity contribution in [3.63, 3.8) is 0 Å². The van der Waals surface area contributed by atoms with Gasteiger partial charge in [-0.2, -0.15) is 4.98 Å².